The van der Waals surface area contributed by atoms with Crippen molar-refractivity contribution >= 4 is 11.8 Å². The molecule has 0 atom stereocenters. The fourth-order valence-corrected chi connectivity index (χ4v) is 1.04. The summed E-state index contributed by atoms with van der Waals surface area (Å²) < 4.78 is 4.92. The Bertz CT molecular complexity index is 234. The smallest absolute Gasteiger partial charge is 0.246 e. The number of nitrogens with one attached hydrogen (secondary N) is 2. The second-order valence-corrected chi connectivity index (χ2v) is 4.54. The van der Waals surface area contributed by atoms with Gasteiger partial charge >= 0.3 is 0 Å². The highest BCUT2D eigenvalue weighted by Gasteiger charge is 2.13. The fourth-order valence-electron chi connectivity index (χ4n) is 1.04. The monoisotopic (exact) mass is 230 g/mol. The van der Waals surface area contributed by atoms with Gasteiger partial charge in [-0.2, -0.15) is 0 Å². The van der Waals surface area contributed by atoms with E-state index in [4.69, 9.17) is 4.74 Å². The van der Waals surface area contributed by atoms with E-state index in [2.05, 4.69) is 10.6 Å². The Balaban J connectivity index is 3.58. The average molecular weight is 230 g/mol. The maximum absolute atomic E-state index is 11.4. The van der Waals surface area contributed by atoms with Crippen LogP contribution in [0.5, 0.6) is 0 Å². The van der Waals surface area contributed by atoms with Gasteiger partial charge in [-0.25, -0.2) is 0 Å². The third-order valence-electron chi connectivity index (χ3n) is 1.63. The van der Waals surface area contributed by atoms with Gasteiger partial charge in [0.15, 0.2) is 0 Å². The van der Waals surface area contributed by atoms with Crippen molar-refractivity contribution in [3.05, 3.63) is 0 Å². The zero-order chi connectivity index (χ0) is 12.6. The lowest BCUT2D eigenvalue weighted by Gasteiger charge is -2.20. The highest BCUT2D eigenvalue weighted by molar-refractivity contribution is 5.79. The Morgan fingerprint density at radius 1 is 1.19 bits per heavy atom. The first kappa shape index (κ1) is 14.9. The van der Waals surface area contributed by atoms with Crippen LogP contribution in [0.15, 0.2) is 0 Å². The molecule has 5 nitrogen and oxygen atoms in total. The van der Waals surface area contributed by atoms with Crippen LogP contribution in [0.3, 0.4) is 0 Å². The van der Waals surface area contributed by atoms with E-state index in [9.17, 15) is 9.59 Å². The third kappa shape index (κ3) is 9.45. The molecule has 0 aliphatic heterocycles. The summed E-state index contributed by atoms with van der Waals surface area (Å²) in [6.07, 6.45) is 0.287. The van der Waals surface area contributed by atoms with Crippen LogP contribution < -0.4 is 10.6 Å². The molecule has 0 saturated carbocycles. The van der Waals surface area contributed by atoms with Gasteiger partial charge in [0.25, 0.3) is 0 Å². The number of rotatable bonds is 6. The van der Waals surface area contributed by atoms with Crippen LogP contribution in [-0.2, 0) is 14.3 Å². The first-order valence-electron chi connectivity index (χ1n) is 5.50. The van der Waals surface area contributed by atoms with Crippen molar-refractivity contribution in [3.63, 3.8) is 0 Å². The number of hydrogen-bond donors (Lipinski definition) is 2. The van der Waals surface area contributed by atoms with Crippen LogP contribution in [0.1, 0.15) is 34.1 Å². The summed E-state index contributed by atoms with van der Waals surface area (Å²) in [5.74, 6) is -0.255. The van der Waals surface area contributed by atoms with Crippen LogP contribution in [0.2, 0.25) is 0 Å². The maximum Gasteiger partial charge on any atom is 0.246 e. The number of amides is 2. The molecule has 0 fully saturated rings. The molecule has 0 radical (unpaired) electrons. The molecule has 0 unspecified atom stereocenters. The molecule has 0 aliphatic carbocycles. The van der Waals surface area contributed by atoms with E-state index >= 15 is 0 Å². The summed E-state index contributed by atoms with van der Waals surface area (Å²) in [6.45, 7) is 8.48. The lowest BCUT2D eigenvalue weighted by molar-refractivity contribution is -0.126. The molecule has 5 heteroatoms. The van der Waals surface area contributed by atoms with Gasteiger partial charge in [-0.15, -0.1) is 0 Å². The zero-order valence-corrected chi connectivity index (χ0v) is 10.6. The van der Waals surface area contributed by atoms with E-state index in [1.165, 1.54) is 0 Å². The Morgan fingerprint density at radius 3 is 2.31 bits per heavy atom. The van der Waals surface area contributed by atoms with Crippen molar-refractivity contribution in [2.45, 2.75) is 39.7 Å². The Morgan fingerprint density at radius 2 is 1.81 bits per heavy atom. The number of ether oxygens (including phenoxy) is 1. The van der Waals surface area contributed by atoms with E-state index in [1.807, 2.05) is 27.7 Å². The first-order valence-corrected chi connectivity index (χ1v) is 5.50. The lowest BCUT2D eigenvalue weighted by atomic mass is 10.1. The molecule has 0 rings (SSSR count). The van der Waals surface area contributed by atoms with Crippen molar-refractivity contribution in [1.29, 1.82) is 0 Å². The van der Waals surface area contributed by atoms with E-state index in [0.29, 0.717) is 13.2 Å². The standard InChI is InChI=1S/C11H22N2O3/c1-5-16-8-10(15)12-7-6-9(14)13-11(2,3)4/h5-8H2,1-4H3,(H,12,15)(H,13,14). The van der Waals surface area contributed by atoms with Crippen LogP contribution in [0, 0.1) is 0 Å². The van der Waals surface area contributed by atoms with Crippen LogP contribution >= 0.6 is 0 Å². The second kappa shape index (κ2) is 7.22. The molecule has 0 heterocycles. The van der Waals surface area contributed by atoms with Crippen LogP contribution in [-0.4, -0.2) is 37.1 Å². The Labute approximate surface area is 96.9 Å². The van der Waals surface area contributed by atoms with Gasteiger partial charge in [-0.05, 0) is 27.7 Å². The largest absolute Gasteiger partial charge is 0.372 e. The minimum absolute atomic E-state index is 0.0530. The van der Waals surface area contributed by atoms with Gasteiger partial charge in [0, 0.05) is 25.1 Å². The molecule has 16 heavy (non-hydrogen) atoms. The number of hydrogen-bond acceptors (Lipinski definition) is 3. The van der Waals surface area contributed by atoms with Gasteiger partial charge < -0.3 is 15.4 Å². The quantitative estimate of drug-likeness (QED) is 0.696. The zero-order valence-electron chi connectivity index (χ0n) is 10.6. The van der Waals surface area contributed by atoms with Gasteiger partial charge in [-0.3, -0.25) is 9.59 Å². The molecule has 0 aromatic carbocycles. The summed E-state index contributed by atoms with van der Waals surface area (Å²) >= 11 is 0. The minimum atomic E-state index is -0.230. The van der Waals surface area contributed by atoms with Crippen molar-refractivity contribution in [3.8, 4) is 0 Å². The maximum atomic E-state index is 11.4. The molecule has 2 N–H and O–H groups in total. The summed E-state index contributed by atoms with van der Waals surface area (Å²) in [6, 6.07) is 0. The number of carbonyl (C=O) groups excluding carboxylic acids is 2. The molecule has 0 saturated heterocycles. The lowest BCUT2D eigenvalue weighted by Crippen LogP contribution is -2.42. The summed E-state index contributed by atoms with van der Waals surface area (Å²) in [5, 5.41) is 5.42. The fraction of sp³-hybridized carbons (Fsp3) is 0.818. The number of carbonyl (C=O) groups is 2. The first-order chi connectivity index (χ1) is 7.35. The molecule has 0 aromatic rings. The molecule has 0 aliphatic rings. The summed E-state index contributed by atoms with van der Waals surface area (Å²) in [5.41, 5.74) is -0.230. The van der Waals surface area contributed by atoms with Crippen molar-refractivity contribution in [1.82, 2.24) is 10.6 Å². The second-order valence-electron chi connectivity index (χ2n) is 4.54. The topological polar surface area (TPSA) is 67.4 Å². The SMILES string of the molecule is CCOCC(=O)NCCC(=O)NC(C)(C)C. The van der Waals surface area contributed by atoms with Crippen molar-refractivity contribution in [2.75, 3.05) is 19.8 Å². The van der Waals surface area contributed by atoms with Gasteiger partial charge in [0.1, 0.15) is 6.61 Å². The predicted octanol–water partition coefficient (Wildman–Crippen LogP) is 0.444. The van der Waals surface area contributed by atoms with Crippen LogP contribution in [0.4, 0.5) is 0 Å². The molecular formula is C11H22N2O3. The van der Waals surface area contributed by atoms with Gasteiger partial charge in [-0.1, -0.05) is 0 Å². The third-order valence-corrected chi connectivity index (χ3v) is 1.63. The molecule has 0 spiro atoms. The normalized spacial score (nSPS) is 11.0. The Hall–Kier alpha value is -1.10. The van der Waals surface area contributed by atoms with Crippen LogP contribution in [0.25, 0.3) is 0 Å². The molecule has 0 bridgehead atoms. The van der Waals surface area contributed by atoms with E-state index in [-0.39, 0.29) is 30.4 Å². The van der Waals surface area contributed by atoms with E-state index < -0.39 is 0 Å². The summed E-state index contributed by atoms with van der Waals surface area (Å²) in [4.78, 5) is 22.5. The predicted molar refractivity (Wildman–Crippen MR) is 62.0 cm³/mol. The molecule has 2 amide bonds. The van der Waals surface area contributed by atoms with Crippen molar-refractivity contribution < 1.29 is 14.3 Å². The molecular weight excluding hydrogens is 208 g/mol. The van der Waals surface area contributed by atoms with Crippen molar-refractivity contribution in [2.24, 2.45) is 0 Å². The van der Waals surface area contributed by atoms with Gasteiger partial charge in [0.2, 0.25) is 11.8 Å². The average Bonchev–Trinajstić information content (AvgIpc) is 2.11. The van der Waals surface area contributed by atoms with Gasteiger partial charge in [0.05, 0.1) is 0 Å². The summed E-state index contributed by atoms with van der Waals surface area (Å²) in [7, 11) is 0. The van der Waals surface area contributed by atoms with E-state index in [1.54, 1.807) is 0 Å². The Kier molecular flexibility index (Phi) is 6.72. The molecule has 0 aromatic heterocycles. The van der Waals surface area contributed by atoms with E-state index in [0.717, 1.165) is 0 Å². The molecule has 94 valence electrons. The highest BCUT2D eigenvalue weighted by Crippen LogP contribution is 1.98. The highest BCUT2D eigenvalue weighted by atomic mass is 16.5. The minimum Gasteiger partial charge on any atom is -0.372 e.